The van der Waals surface area contributed by atoms with Crippen LogP contribution in [-0.4, -0.2) is 13.0 Å². The van der Waals surface area contributed by atoms with E-state index in [1.54, 1.807) is 0 Å². The van der Waals surface area contributed by atoms with Crippen molar-refractivity contribution in [1.82, 2.24) is 5.32 Å². The maximum absolute atomic E-state index is 9.87. The first kappa shape index (κ1) is 8.53. The molecule has 2 heteroatoms. The van der Waals surface area contributed by atoms with Gasteiger partial charge in [-0.05, 0) is 5.56 Å². The van der Waals surface area contributed by atoms with Crippen LogP contribution in [0.25, 0.3) is 6.08 Å². The van der Waals surface area contributed by atoms with Crippen LogP contribution in [0, 0.1) is 0 Å². The first-order valence-electron chi connectivity index (χ1n) is 3.82. The lowest BCUT2D eigenvalue weighted by atomic mass is 10.2. The van der Waals surface area contributed by atoms with Gasteiger partial charge in [-0.3, -0.25) is 4.79 Å². The van der Waals surface area contributed by atoms with E-state index in [1.165, 1.54) is 0 Å². The summed E-state index contributed by atoms with van der Waals surface area (Å²) in [6.07, 6.45) is 4.57. The third-order valence-corrected chi connectivity index (χ3v) is 1.43. The number of hydrogen-bond donors (Lipinski definition) is 1. The molecule has 1 aromatic rings. The van der Waals surface area contributed by atoms with Gasteiger partial charge in [0.2, 0.25) is 6.41 Å². The Morgan fingerprint density at radius 2 is 2.00 bits per heavy atom. The monoisotopic (exact) mass is 161 g/mol. The molecule has 1 aromatic carbocycles. The van der Waals surface area contributed by atoms with E-state index in [2.05, 4.69) is 5.32 Å². The van der Waals surface area contributed by atoms with Crippen LogP contribution in [0.4, 0.5) is 0 Å². The summed E-state index contributed by atoms with van der Waals surface area (Å²) in [5.74, 6) is 0. The minimum Gasteiger partial charge on any atom is -0.355 e. The molecule has 0 aliphatic heterocycles. The Labute approximate surface area is 71.9 Å². The zero-order valence-corrected chi connectivity index (χ0v) is 6.73. The second-order valence-electron chi connectivity index (χ2n) is 2.34. The highest BCUT2D eigenvalue weighted by atomic mass is 16.1. The van der Waals surface area contributed by atoms with Gasteiger partial charge in [-0.1, -0.05) is 42.5 Å². The third-order valence-electron chi connectivity index (χ3n) is 1.43. The Kier molecular flexibility index (Phi) is 3.64. The van der Waals surface area contributed by atoms with Gasteiger partial charge in [-0.2, -0.15) is 0 Å². The topological polar surface area (TPSA) is 29.1 Å². The van der Waals surface area contributed by atoms with Crippen molar-refractivity contribution >= 4 is 12.5 Å². The predicted octanol–water partition coefficient (Wildman–Crippen LogP) is 1.45. The van der Waals surface area contributed by atoms with Crippen LogP contribution in [0.2, 0.25) is 0 Å². The lowest BCUT2D eigenvalue weighted by molar-refractivity contribution is -0.109. The van der Waals surface area contributed by atoms with E-state index >= 15 is 0 Å². The van der Waals surface area contributed by atoms with Crippen LogP contribution in [0.15, 0.2) is 36.4 Å². The molecule has 0 radical (unpaired) electrons. The minimum absolute atomic E-state index is 0.582. The Morgan fingerprint density at radius 1 is 1.25 bits per heavy atom. The van der Waals surface area contributed by atoms with Crippen LogP contribution >= 0.6 is 0 Å². The molecule has 1 rings (SSSR count). The molecular weight excluding hydrogens is 150 g/mol. The Bertz CT molecular complexity index is 254. The molecule has 0 heterocycles. The number of carbonyl (C=O) groups is 1. The van der Waals surface area contributed by atoms with E-state index in [0.29, 0.717) is 13.0 Å². The van der Waals surface area contributed by atoms with Crippen molar-refractivity contribution in [3.63, 3.8) is 0 Å². The van der Waals surface area contributed by atoms with E-state index in [9.17, 15) is 4.79 Å². The average Bonchev–Trinajstić information content (AvgIpc) is 2.14. The van der Waals surface area contributed by atoms with Crippen molar-refractivity contribution in [2.75, 3.05) is 6.54 Å². The summed E-state index contributed by atoms with van der Waals surface area (Å²) >= 11 is 0. The molecular formula is C10H11NO. The molecule has 0 bridgehead atoms. The van der Waals surface area contributed by atoms with Crippen LogP contribution in [0.1, 0.15) is 5.56 Å². The number of amides is 1. The highest BCUT2D eigenvalue weighted by Crippen LogP contribution is 1.99. The van der Waals surface area contributed by atoms with Crippen LogP contribution in [-0.2, 0) is 4.79 Å². The molecule has 0 saturated carbocycles. The van der Waals surface area contributed by atoms with Crippen LogP contribution < -0.4 is 5.32 Å². The Balaban J connectivity index is 2.41. The molecule has 0 aliphatic carbocycles. The van der Waals surface area contributed by atoms with E-state index in [4.69, 9.17) is 0 Å². The summed E-state index contributed by atoms with van der Waals surface area (Å²) < 4.78 is 0. The second-order valence-corrected chi connectivity index (χ2v) is 2.34. The molecule has 1 amide bonds. The van der Waals surface area contributed by atoms with Crippen molar-refractivity contribution in [1.29, 1.82) is 0 Å². The minimum atomic E-state index is 0.582. The van der Waals surface area contributed by atoms with Crippen LogP contribution in [0.3, 0.4) is 0 Å². The molecule has 0 unspecified atom stereocenters. The fourth-order valence-corrected chi connectivity index (χ4v) is 0.875. The first-order valence-corrected chi connectivity index (χ1v) is 3.82. The van der Waals surface area contributed by atoms with Gasteiger partial charge in [0.1, 0.15) is 0 Å². The van der Waals surface area contributed by atoms with Gasteiger partial charge in [0.05, 0.1) is 0 Å². The maximum Gasteiger partial charge on any atom is 0.207 e. The van der Waals surface area contributed by atoms with Gasteiger partial charge < -0.3 is 5.32 Å². The zero-order valence-electron chi connectivity index (χ0n) is 6.73. The van der Waals surface area contributed by atoms with Gasteiger partial charge in [0.15, 0.2) is 0 Å². The molecule has 2 nitrogen and oxygen atoms in total. The summed E-state index contributed by atoms with van der Waals surface area (Å²) in [5, 5.41) is 2.55. The fraction of sp³-hybridized carbons (Fsp3) is 0.100. The Morgan fingerprint density at radius 3 is 2.67 bits per heavy atom. The summed E-state index contributed by atoms with van der Waals surface area (Å²) in [6, 6.07) is 9.95. The maximum atomic E-state index is 9.87. The highest BCUT2D eigenvalue weighted by Gasteiger charge is 1.80. The molecule has 62 valence electrons. The molecule has 0 aromatic heterocycles. The SMILES string of the molecule is O=CNCC=Cc1ccccc1. The largest absolute Gasteiger partial charge is 0.355 e. The third kappa shape index (κ3) is 3.01. The van der Waals surface area contributed by atoms with E-state index in [0.717, 1.165) is 5.56 Å². The predicted molar refractivity (Wildman–Crippen MR) is 49.5 cm³/mol. The molecule has 0 fully saturated rings. The molecule has 0 aliphatic rings. The number of nitrogens with one attached hydrogen (secondary N) is 1. The number of carbonyl (C=O) groups excluding carboxylic acids is 1. The smallest absolute Gasteiger partial charge is 0.207 e. The highest BCUT2D eigenvalue weighted by molar-refractivity contribution is 5.51. The summed E-state index contributed by atoms with van der Waals surface area (Å²) in [4.78, 5) is 9.87. The lowest BCUT2D eigenvalue weighted by Gasteiger charge is -1.91. The standard InChI is InChI=1S/C10H11NO/c12-9-11-8-4-7-10-5-2-1-3-6-10/h1-7,9H,8H2,(H,11,12). The van der Waals surface area contributed by atoms with Gasteiger partial charge in [0, 0.05) is 6.54 Å². The number of hydrogen-bond acceptors (Lipinski definition) is 1. The van der Waals surface area contributed by atoms with Crippen LogP contribution in [0.5, 0.6) is 0 Å². The van der Waals surface area contributed by atoms with Gasteiger partial charge >= 0.3 is 0 Å². The number of benzene rings is 1. The van der Waals surface area contributed by atoms with Crippen molar-refractivity contribution < 1.29 is 4.79 Å². The van der Waals surface area contributed by atoms with E-state index < -0.39 is 0 Å². The lowest BCUT2D eigenvalue weighted by Crippen LogP contribution is -2.09. The van der Waals surface area contributed by atoms with Crippen molar-refractivity contribution in [3.8, 4) is 0 Å². The molecule has 0 spiro atoms. The van der Waals surface area contributed by atoms with Crippen molar-refractivity contribution in [2.45, 2.75) is 0 Å². The molecule has 0 saturated heterocycles. The fourth-order valence-electron chi connectivity index (χ4n) is 0.875. The normalized spacial score (nSPS) is 10.0. The van der Waals surface area contributed by atoms with Gasteiger partial charge in [0.25, 0.3) is 0 Å². The summed E-state index contributed by atoms with van der Waals surface area (Å²) in [5.41, 5.74) is 1.14. The van der Waals surface area contributed by atoms with E-state index in [1.807, 2.05) is 42.5 Å². The molecule has 1 N–H and O–H groups in total. The average molecular weight is 161 g/mol. The second kappa shape index (κ2) is 5.13. The first-order chi connectivity index (χ1) is 5.93. The van der Waals surface area contributed by atoms with Crippen molar-refractivity contribution in [3.05, 3.63) is 42.0 Å². The van der Waals surface area contributed by atoms with Crippen molar-refractivity contribution in [2.24, 2.45) is 0 Å². The summed E-state index contributed by atoms with van der Waals surface area (Å²) in [6.45, 7) is 0.582. The van der Waals surface area contributed by atoms with E-state index in [-0.39, 0.29) is 0 Å². The summed E-state index contributed by atoms with van der Waals surface area (Å²) in [7, 11) is 0. The Hall–Kier alpha value is -1.57. The zero-order chi connectivity index (χ0) is 8.65. The van der Waals surface area contributed by atoms with Gasteiger partial charge in [-0.15, -0.1) is 0 Å². The molecule has 12 heavy (non-hydrogen) atoms. The van der Waals surface area contributed by atoms with Gasteiger partial charge in [-0.25, -0.2) is 0 Å². The molecule has 0 atom stereocenters. The number of rotatable bonds is 4. The quantitative estimate of drug-likeness (QED) is 0.525.